The second-order valence-electron chi connectivity index (χ2n) is 6.39. The number of anilines is 1. The Morgan fingerprint density at radius 1 is 1.19 bits per heavy atom. The summed E-state index contributed by atoms with van der Waals surface area (Å²) in [7, 11) is 0. The molecule has 4 nitrogen and oxygen atoms in total. The van der Waals surface area contributed by atoms with Gasteiger partial charge >= 0.3 is 0 Å². The van der Waals surface area contributed by atoms with Gasteiger partial charge in [-0.25, -0.2) is 4.98 Å². The average Bonchev–Trinajstić information content (AvgIpc) is 3.02. The van der Waals surface area contributed by atoms with Gasteiger partial charge in [0.1, 0.15) is 5.82 Å². The lowest BCUT2D eigenvalue weighted by Gasteiger charge is -2.33. The molecule has 0 aromatic carbocycles. The lowest BCUT2D eigenvalue weighted by molar-refractivity contribution is -0.125. The second kappa shape index (κ2) is 6.46. The van der Waals surface area contributed by atoms with E-state index in [9.17, 15) is 4.79 Å². The van der Waals surface area contributed by atoms with Gasteiger partial charge in [0, 0.05) is 30.7 Å². The first-order valence-corrected chi connectivity index (χ1v) is 8.21. The number of nitrogens with zero attached hydrogens (tertiary/aromatic N) is 2. The molecule has 1 aromatic rings. The number of hydrogen-bond donors (Lipinski definition) is 1. The molecule has 0 atom stereocenters. The number of carbonyl (C=O) groups is 1. The third-order valence-corrected chi connectivity index (χ3v) is 4.76. The van der Waals surface area contributed by atoms with Crippen molar-refractivity contribution in [2.24, 2.45) is 5.92 Å². The number of piperidine rings is 1. The van der Waals surface area contributed by atoms with Crippen LogP contribution in [0.3, 0.4) is 0 Å². The van der Waals surface area contributed by atoms with Crippen molar-refractivity contribution in [2.45, 2.75) is 51.5 Å². The molecule has 1 aliphatic heterocycles. The number of pyridine rings is 1. The minimum absolute atomic E-state index is 0.279. The molecular formula is C17H25N3O. The summed E-state index contributed by atoms with van der Waals surface area (Å²) >= 11 is 0. The number of aromatic nitrogens is 1. The zero-order valence-electron chi connectivity index (χ0n) is 12.8. The standard InChI is InChI=1S/C17H25N3O/c1-13-5-4-8-16(18-13)20-11-9-15(10-12-20)19-17(21)14-6-2-3-7-14/h4-5,8,14-15H,2-3,6-7,9-12H2,1H3,(H,19,21). The topological polar surface area (TPSA) is 45.2 Å². The monoisotopic (exact) mass is 287 g/mol. The summed E-state index contributed by atoms with van der Waals surface area (Å²) in [5, 5.41) is 3.26. The van der Waals surface area contributed by atoms with E-state index in [1.165, 1.54) is 12.8 Å². The molecule has 1 N–H and O–H groups in total. The van der Waals surface area contributed by atoms with E-state index in [4.69, 9.17) is 0 Å². The SMILES string of the molecule is Cc1cccc(N2CCC(NC(=O)C3CCCC3)CC2)n1. The quantitative estimate of drug-likeness (QED) is 0.929. The third kappa shape index (κ3) is 3.55. The normalized spacial score (nSPS) is 20.7. The average molecular weight is 287 g/mol. The van der Waals surface area contributed by atoms with Gasteiger partial charge in [0.25, 0.3) is 0 Å². The molecule has 1 saturated carbocycles. The number of aryl methyl sites for hydroxylation is 1. The van der Waals surface area contributed by atoms with Gasteiger partial charge in [-0.2, -0.15) is 0 Å². The Bertz CT molecular complexity index is 489. The van der Waals surface area contributed by atoms with Crippen LogP contribution in [0.5, 0.6) is 0 Å². The van der Waals surface area contributed by atoms with E-state index < -0.39 is 0 Å². The summed E-state index contributed by atoms with van der Waals surface area (Å²) < 4.78 is 0. The predicted octanol–water partition coefficient (Wildman–Crippen LogP) is 2.67. The first-order chi connectivity index (χ1) is 10.2. The van der Waals surface area contributed by atoms with E-state index in [-0.39, 0.29) is 5.92 Å². The third-order valence-electron chi connectivity index (χ3n) is 4.76. The number of amides is 1. The van der Waals surface area contributed by atoms with Crippen LogP contribution >= 0.6 is 0 Å². The summed E-state index contributed by atoms with van der Waals surface area (Å²) in [5.74, 6) is 1.64. The van der Waals surface area contributed by atoms with Crippen molar-refractivity contribution >= 4 is 11.7 Å². The van der Waals surface area contributed by atoms with Crippen LogP contribution in [0, 0.1) is 12.8 Å². The lowest BCUT2D eigenvalue weighted by Crippen LogP contribution is -2.46. The van der Waals surface area contributed by atoms with E-state index in [0.717, 1.165) is 50.3 Å². The maximum Gasteiger partial charge on any atom is 0.223 e. The second-order valence-corrected chi connectivity index (χ2v) is 6.39. The Morgan fingerprint density at radius 2 is 1.90 bits per heavy atom. The molecule has 1 amide bonds. The Kier molecular flexibility index (Phi) is 4.42. The van der Waals surface area contributed by atoms with Crippen LogP contribution < -0.4 is 10.2 Å². The van der Waals surface area contributed by atoms with Crippen LogP contribution in [-0.2, 0) is 4.79 Å². The zero-order chi connectivity index (χ0) is 14.7. The van der Waals surface area contributed by atoms with Gasteiger partial charge in [-0.15, -0.1) is 0 Å². The highest BCUT2D eigenvalue weighted by molar-refractivity contribution is 5.79. The zero-order valence-corrected chi connectivity index (χ0v) is 12.8. The lowest BCUT2D eigenvalue weighted by atomic mass is 10.0. The maximum atomic E-state index is 12.2. The Morgan fingerprint density at radius 3 is 2.57 bits per heavy atom. The van der Waals surface area contributed by atoms with Crippen LogP contribution in [0.2, 0.25) is 0 Å². The predicted molar refractivity (Wildman–Crippen MR) is 84.3 cm³/mol. The maximum absolute atomic E-state index is 12.2. The summed E-state index contributed by atoms with van der Waals surface area (Å²) in [5.41, 5.74) is 1.06. The fourth-order valence-corrected chi connectivity index (χ4v) is 3.46. The molecule has 1 aliphatic carbocycles. The highest BCUT2D eigenvalue weighted by Gasteiger charge is 2.26. The summed E-state index contributed by atoms with van der Waals surface area (Å²) in [4.78, 5) is 19.1. The van der Waals surface area contributed by atoms with E-state index in [0.29, 0.717) is 11.9 Å². The van der Waals surface area contributed by atoms with Crippen LogP contribution in [0.25, 0.3) is 0 Å². The molecule has 2 fully saturated rings. The van der Waals surface area contributed by atoms with Crippen LogP contribution in [0.4, 0.5) is 5.82 Å². The minimum Gasteiger partial charge on any atom is -0.356 e. The fraction of sp³-hybridized carbons (Fsp3) is 0.647. The number of hydrogen-bond acceptors (Lipinski definition) is 3. The molecule has 1 aromatic heterocycles. The smallest absolute Gasteiger partial charge is 0.223 e. The molecule has 4 heteroatoms. The number of carbonyl (C=O) groups excluding carboxylic acids is 1. The van der Waals surface area contributed by atoms with Crippen molar-refractivity contribution in [3.8, 4) is 0 Å². The molecule has 2 aliphatic rings. The molecule has 21 heavy (non-hydrogen) atoms. The molecule has 1 saturated heterocycles. The van der Waals surface area contributed by atoms with Crippen molar-refractivity contribution in [1.82, 2.24) is 10.3 Å². The van der Waals surface area contributed by atoms with Crippen LogP contribution in [0.1, 0.15) is 44.2 Å². The fourth-order valence-electron chi connectivity index (χ4n) is 3.46. The summed E-state index contributed by atoms with van der Waals surface area (Å²) in [6, 6.07) is 6.51. The Labute approximate surface area is 126 Å². The Balaban J connectivity index is 1.49. The van der Waals surface area contributed by atoms with Gasteiger partial charge in [-0.3, -0.25) is 4.79 Å². The van der Waals surface area contributed by atoms with E-state index in [1.807, 2.05) is 13.0 Å². The molecule has 0 unspecified atom stereocenters. The number of nitrogens with one attached hydrogen (secondary N) is 1. The van der Waals surface area contributed by atoms with Crippen molar-refractivity contribution in [1.29, 1.82) is 0 Å². The first-order valence-electron chi connectivity index (χ1n) is 8.21. The largest absolute Gasteiger partial charge is 0.356 e. The summed E-state index contributed by atoms with van der Waals surface area (Å²) in [6.45, 7) is 3.98. The van der Waals surface area contributed by atoms with Gasteiger partial charge in [-0.1, -0.05) is 18.9 Å². The molecule has 0 spiro atoms. The molecule has 114 valence electrons. The van der Waals surface area contributed by atoms with Gasteiger partial charge in [0.2, 0.25) is 5.91 Å². The van der Waals surface area contributed by atoms with Crippen molar-refractivity contribution in [3.05, 3.63) is 23.9 Å². The minimum atomic E-state index is 0.279. The molecule has 3 rings (SSSR count). The molecule has 0 bridgehead atoms. The van der Waals surface area contributed by atoms with Crippen LogP contribution in [-0.4, -0.2) is 30.0 Å². The Hall–Kier alpha value is -1.58. The highest BCUT2D eigenvalue weighted by Crippen LogP contribution is 2.25. The van der Waals surface area contributed by atoms with Crippen molar-refractivity contribution in [2.75, 3.05) is 18.0 Å². The van der Waals surface area contributed by atoms with Crippen molar-refractivity contribution in [3.63, 3.8) is 0 Å². The van der Waals surface area contributed by atoms with Gasteiger partial charge < -0.3 is 10.2 Å². The molecular weight excluding hydrogens is 262 g/mol. The van der Waals surface area contributed by atoms with Gasteiger partial charge in [0.05, 0.1) is 0 Å². The van der Waals surface area contributed by atoms with Gasteiger partial charge in [-0.05, 0) is 44.7 Å². The van der Waals surface area contributed by atoms with E-state index in [1.54, 1.807) is 0 Å². The van der Waals surface area contributed by atoms with E-state index in [2.05, 4.69) is 27.3 Å². The summed E-state index contributed by atoms with van der Waals surface area (Å²) in [6.07, 6.45) is 6.64. The number of rotatable bonds is 3. The van der Waals surface area contributed by atoms with Crippen LogP contribution in [0.15, 0.2) is 18.2 Å². The molecule has 0 radical (unpaired) electrons. The molecule has 2 heterocycles. The first kappa shape index (κ1) is 14.4. The van der Waals surface area contributed by atoms with Gasteiger partial charge in [0.15, 0.2) is 0 Å². The van der Waals surface area contributed by atoms with E-state index >= 15 is 0 Å². The van der Waals surface area contributed by atoms with Crippen molar-refractivity contribution < 1.29 is 4.79 Å². The highest BCUT2D eigenvalue weighted by atomic mass is 16.1.